The van der Waals surface area contributed by atoms with Crippen molar-refractivity contribution in [2.45, 2.75) is 26.7 Å². The molecule has 3 nitrogen and oxygen atoms in total. The topological polar surface area (TPSA) is 44.0 Å². The number of hydrogen-bond donors (Lipinski definition) is 0. The molecule has 0 radical (unpaired) electrons. The summed E-state index contributed by atoms with van der Waals surface area (Å²) in [4.78, 5) is 11.2. The van der Waals surface area contributed by atoms with Gasteiger partial charge >= 0.3 is 0 Å². The summed E-state index contributed by atoms with van der Waals surface area (Å²) in [6.07, 6.45) is 4.50. The Hall–Kier alpha value is -1.38. The molecule has 3 heteroatoms. The minimum atomic E-state index is 0.0810. The zero-order chi connectivity index (χ0) is 10.6. The highest BCUT2D eigenvalue weighted by atomic mass is 16.5. The van der Waals surface area contributed by atoms with Gasteiger partial charge in [-0.2, -0.15) is 4.73 Å². The summed E-state index contributed by atoms with van der Waals surface area (Å²) in [5.41, 5.74) is 1.04. The van der Waals surface area contributed by atoms with E-state index in [2.05, 4.69) is 0 Å². The number of nitrogens with zero attached hydrogens (tertiary/aromatic N) is 1. The van der Waals surface area contributed by atoms with Gasteiger partial charge in [0.25, 0.3) is 0 Å². The van der Waals surface area contributed by atoms with Crippen molar-refractivity contribution in [3.05, 3.63) is 35.3 Å². The van der Waals surface area contributed by atoms with Crippen LogP contribution < -0.4 is 4.73 Å². The van der Waals surface area contributed by atoms with Gasteiger partial charge in [-0.1, -0.05) is 6.92 Å². The van der Waals surface area contributed by atoms with Crippen LogP contribution in [0, 0.1) is 11.1 Å². The zero-order valence-electron chi connectivity index (χ0n) is 8.56. The smallest absolute Gasteiger partial charge is 0.180 e. The molecule has 1 heterocycles. The predicted octanol–water partition coefficient (Wildman–Crippen LogP) is 1.48. The van der Waals surface area contributed by atoms with Crippen LogP contribution in [-0.2, 0) is 11.2 Å². The molecule has 1 atom stereocenters. The number of Topliss-reactive ketones (excluding diaryl/α,β-unsaturated/α-hetero) is 1. The molecule has 1 rings (SSSR count). The van der Waals surface area contributed by atoms with E-state index >= 15 is 0 Å². The summed E-state index contributed by atoms with van der Waals surface area (Å²) in [5.74, 6) is 0.295. The van der Waals surface area contributed by atoms with Crippen molar-refractivity contribution in [2.24, 2.45) is 5.92 Å². The number of pyridine rings is 1. The third-order valence-corrected chi connectivity index (χ3v) is 2.42. The van der Waals surface area contributed by atoms with Crippen molar-refractivity contribution in [3.63, 3.8) is 0 Å². The first-order valence-corrected chi connectivity index (χ1v) is 4.81. The molecule has 1 aromatic heterocycles. The highest BCUT2D eigenvalue weighted by Gasteiger charge is 2.12. The van der Waals surface area contributed by atoms with Crippen LogP contribution in [0.1, 0.15) is 25.8 Å². The summed E-state index contributed by atoms with van der Waals surface area (Å²) in [6.45, 7) is 3.62. The van der Waals surface area contributed by atoms with Crippen LogP contribution in [0.25, 0.3) is 0 Å². The van der Waals surface area contributed by atoms with Crippen LogP contribution in [0.4, 0.5) is 0 Å². The highest BCUT2D eigenvalue weighted by molar-refractivity contribution is 5.78. The second kappa shape index (κ2) is 4.74. The maximum absolute atomic E-state index is 11.2. The number of ketones is 1. The fraction of sp³-hybridized carbons (Fsp3) is 0.455. The fourth-order valence-corrected chi connectivity index (χ4v) is 1.44. The van der Waals surface area contributed by atoms with Crippen molar-refractivity contribution < 1.29 is 9.52 Å². The second-order valence-corrected chi connectivity index (χ2v) is 3.49. The highest BCUT2D eigenvalue weighted by Crippen LogP contribution is 2.11. The first kappa shape index (κ1) is 10.7. The quantitative estimate of drug-likeness (QED) is 0.537. The molecule has 0 N–H and O–H groups in total. The predicted molar refractivity (Wildman–Crippen MR) is 53.6 cm³/mol. The lowest BCUT2D eigenvalue weighted by Gasteiger charge is -2.10. The molecule has 76 valence electrons. The molecule has 0 aliphatic rings. The summed E-state index contributed by atoms with van der Waals surface area (Å²) < 4.78 is 0.748. The van der Waals surface area contributed by atoms with Gasteiger partial charge in [-0.25, -0.2) is 0 Å². The van der Waals surface area contributed by atoms with Crippen LogP contribution in [0.2, 0.25) is 0 Å². The lowest BCUT2D eigenvalue weighted by molar-refractivity contribution is -0.605. The van der Waals surface area contributed by atoms with Gasteiger partial charge in [-0.15, -0.1) is 0 Å². The number of carbonyl (C=O) groups is 1. The first-order valence-electron chi connectivity index (χ1n) is 4.81. The molecular formula is C11H15NO2. The molecule has 0 amide bonds. The van der Waals surface area contributed by atoms with Gasteiger partial charge < -0.3 is 5.21 Å². The Labute approximate surface area is 84.0 Å². The molecule has 0 aliphatic carbocycles. The van der Waals surface area contributed by atoms with Crippen molar-refractivity contribution >= 4 is 5.78 Å². The Morgan fingerprint density at radius 3 is 2.50 bits per heavy atom. The van der Waals surface area contributed by atoms with E-state index < -0.39 is 0 Å². The third kappa shape index (κ3) is 2.83. The maximum atomic E-state index is 11.2. The van der Waals surface area contributed by atoms with E-state index in [1.54, 1.807) is 19.1 Å². The average Bonchev–Trinajstić information content (AvgIpc) is 2.16. The molecular weight excluding hydrogens is 178 g/mol. The van der Waals surface area contributed by atoms with Gasteiger partial charge in [0.05, 0.1) is 0 Å². The lowest BCUT2D eigenvalue weighted by atomic mass is 9.94. The van der Waals surface area contributed by atoms with Gasteiger partial charge in [-0.3, -0.25) is 4.79 Å². The van der Waals surface area contributed by atoms with Crippen molar-refractivity contribution in [1.29, 1.82) is 0 Å². The molecule has 0 unspecified atom stereocenters. The zero-order valence-corrected chi connectivity index (χ0v) is 8.56. The fourth-order valence-electron chi connectivity index (χ4n) is 1.44. The van der Waals surface area contributed by atoms with E-state index in [0.717, 1.165) is 23.1 Å². The van der Waals surface area contributed by atoms with Crippen LogP contribution >= 0.6 is 0 Å². The summed E-state index contributed by atoms with van der Waals surface area (Å²) in [7, 11) is 0. The van der Waals surface area contributed by atoms with Gasteiger partial charge in [0.1, 0.15) is 5.78 Å². The molecule has 0 saturated carbocycles. The van der Waals surface area contributed by atoms with Crippen molar-refractivity contribution in [2.75, 3.05) is 0 Å². The SMILES string of the molecule is CC[C@@H](Cc1cc[n+]([O-])cc1)C(C)=O. The largest absolute Gasteiger partial charge is 0.619 e. The van der Waals surface area contributed by atoms with E-state index in [0.29, 0.717) is 0 Å². The molecule has 0 aliphatic heterocycles. The lowest BCUT2D eigenvalue weighted by Crippen LogP contribution is -2.24. The Kier molecular flexibility index (Phi) is 3.63. The normalized spacial score (nSPS) is 12.4. The monoisotopic (exact) mass is 193 g/mol. The van der Waals surface area contributed by atoms with E-state index in [1.807, 2.05) is 6.92 Å². The number of rotatable bonds is 4. The van der Waals surface area contributed by atoms with Gasteiger partial charge in [0, 0.05) is 18.1 Å². The Morgan fingerprint density at radius 1 is 1.50 bits per heavy atom. The van der Waals surface area contributed by atoms with E-state index in [-0.39, 0.29) is 11.7 Å². The van der Waals surface area contributed by atoms with Crippen LogP contribution in [0.3, 0.4) is 0 Å². The van der Waals surface area contributed by atoms with E-state index in [9.17, 15) is 10.0 Å². The number of aromatic nitrogens is 1. The summed E-state index contributed by atoms with van der Waals surface area (Å²) >= 11 is 0. The van der Waals surface area contributed by atoms with Crippen LogP contribution in [0.5, 0.6) is 0 Å². The van der Waals surface area contributed by atoms with Crippen molar-refractivity contribution in [1.82, 2.24) is 0 Å². The molecule has 14 heavy (non-hydrogen) atoms. The molecule has 0 aromatic carbocycles. The van der Waals surface area contributed by atoms with Crippen LogP contribution in [0.15, 0.2) is 24.5 Å². The molecule has 1 aromatic rings. The Bertz CT molecular complexity index is 306. The second-order valence-electron chi connectivity index (χ2n) is 3.49. The first-order chi connectivity index (χ1) is 6.63. The van der Waals surface area contributed by atoms with E-state index in [1.165, 1.54) is 12.4 Å². The van der Waals surface area contributed by atoms with Crippen molar-refractivity contribution in [3.8, 4) is 0 Å². The minimum absolute atomic E-state index is 0.0810. The van der Waals surface area contributed by atoms with Gasteiger partial charge in [-0.05, 0) is 25.3 Å². The standard InChI is InChI=1S/C11H15NO2/c1-3-11(9(2)13)8-10-4-6-12(14)7-5-10/h4-7,11H,3,8H2,1-2H3/t11-/m0/s1. The van der Waals surface area contributed by atoms with Gasteiger partial charge in [0.2, 0.25) is 0 Å². The molecule has 0 saturated heterocycles. The number of carbonyl (C=O) groups excluding carboxylic acids is 1. The minimum Gasteiger partial charge on any atom is -0.619 e. The van der Waals surface area contributed by atoms with Gasteiger partial charge in [0.15, 0.2) is 12.4 Å². The number of hydrogen-bond acceptors (Lipinski definition) is 2. The summed E-state index contributed by atoms with van der Waals surface area (Å²) in [6, 6.07) is 3.52. The third-order valence-electron chi connectivity index (χ3n) is 2.42. The maximum Gasteiger partial charge on any atom is 0.180 e. The Balaban J connectivity index is 2.67. The Morgan fingerprint density at radius 2 is 2.07 bits per heavy atom. The molecule has 0 spiro atoms. The molecule has 0 bridgehead atoms. The molecule has 0 fully saturated rings. The van der Waals surface area contributed by atoms with E-state index in [4.69, 9.17) is 0 Å². The summed E-state index contributed by atoms with van der Waals surface area (Å²) in [5, 5.41) is 10.8. The average molecular weight is 193 g/mol. The van der Waals surface area contributed by atoms with Crippen LogP contribution in [-0.4, -0.2) is 5.78 Å².